The van der Waals surface area contributed by atoms with E-state index in [-0.39, 0.29) is 24.1 Å². The molecular formula is C17H18FN3O2S. The number of hydrogen-bond acceptors (Lipinski definition) is 4. The number of benzene rings is 1. The standard InChI is InChI=1S/C17H18FN3O2S/c1-11-7-12(4-5-14(11)18)9-19-15(22)8-13-10-24-17(20-13)21-6-2-3-16(21)23/h4-5,7,10H,2-3,6,8-9H2,1H3,(H,19,22). The summed E-state index contributed by atoms with van der Waals surface area (Å²) >= 11 is 1.38. The predicted octanol–water partition coefficient (Wildman–Crippen LogP) is 2.58. The Labute approximate surface area is 143 Å². The molecule has 0 unspecified atom stereocenters. The number of amides is 2. The Hall–Kier alpha value is -2.28. The number of aryl methyl sites for hydroxylation is 1. The molecule has 0 atom stereocenters. The maximum absolute atomic E-state index is 13.2. The number of nitrogens with zero attached hydrogens (tertiary/aromatic N) is 2. The van der Waals surface area contributed by atoms with Gasteiger partial charge in [0.25, 0.3) is 0 Å². The second-order valence-corrected chi connectivity index (χ2v) is 6.64. The van der Waals surface area contributed by atoms with E-state index < -0.39 is 0 Å². The number of carbonyl (C=O) groups excluding carboxylic acids is 2. The first-order valence-electron chi connectivity index (χ1n) is 7.79. The molecule has 1 aromatic carbocycles. The number of aromatic nitrogens is 1. The van der Waals surface area contributed by atoms with Gasteiger partial charge in [-0.1, -0.05) is 12.1 Å². The average Bonchev–Trinajstić information content (AvgIpc) is 3.17. The fraction of sp³-hybridized carbons (Fsp3) is 0.353. The highest BCUT2D eigenvalue weighted by Gasteiger charge is 2.24. The number of nitrogens with one attached hydrogen (secondary N) is 1. The Morgan fingerprint density at radius 3 is 3.00 bits per heavy atom. The number of carbonyl (C=O) groups is 2. The molecule has 1 aromatic heterocycles. The highest BCUT2D eigenvalue weighted by atomic mass is 32.1. The molecule has 1 aliphatic heterocycles. The van der Waals surface area contributed by atoms with Crippen LogP contribution in [0.25, 0.3) is 0 Å². The van der Waals surface area contributed by atoms with E-state index in [1.165, 1.54) is 17.4 Å². The molecule has 1 N–H and O–H groups in total. The zero-order valence-corrected chi connectivity index (χ0v) is 14.2. The molecule has 1 saturated heterocycles. The van der Waals surface area contributed by atoms with Gasteiger partial charge in [-0.25, -0.2) is 9.37 Å². The van der Waals surface area contributed by atoms with E-state index in [1.54, 1.807) is 24.0 Å². The zero-order chi connectivity index (χ0) is 17.1. The molecule has 0 saturated carbocycles. The van der Waals surface area contributed by atoms with E-state index in [0.717, 1.165) is 12.0 Å². The second-order valence-electron chi connectivity index (χ2n) is 5.81. The topological polar surface area (TPSA) is 62.3 Å². The summed E-state index contributed by atoms with van der Waals surface area (Å²) in [5.41, 5.74) is 2.06. The highest BCUT2D eigenvalue weighted by molar-refractivity contribution is 7.14. The molecule has 24 heavy (non-hydrogen) atoms. The van der Waals surface area contributed by atoms with Crippen molar-refractivity contribution in [3.05, 3.63) is 46.2 Å². The molecule has 0 spiro atoms. The molecule has 1 fully saturated rings. The van der Waals surface area contributed by atoms with Crippen molar-refractivity contribution in [2.24, 2.45) is 0 Å². The van der Waals surface area contributed by atoms with Gasteiger partial charge in [0.1, 0.15) is 5.82 Å². The molecule has 0 bridgehead atoms. The molecule has 126 valence electrons. The first-order chi connectivity index (χ1) is 11.5. The highest BCUT2D eigenvalue weighted by Crippen LogP contribution is 2.25. The number of rotatable bonds is 5. The van der Waals surface area contributed by atoms with Gasteiger partial charge in [0, 0.05) is 24.9 Å². The lowest BCUT2D eigenvalue weighted by molar-refractivity contribution is -0.120. The van der Waals surface area contributed by atoms with Crippen LogP contribution in [0.4, 0.5) is 9.52 Å². The van der Waals surface area contributed by atoms with Crippen LogP contribution in [0.1, 0.15) is 29.7 Å². The summed E-state index contributed by atoms with van der Waals surface area (Å²) in [5, 5.41) is 5.27. The largest absolute Gasteiger partial charge is 0.352 e. The van der Waals surface area contributed by atoms with Crippen molar-refractivity contribution in [3.63, 3.8) is 0 Å². The van der Waals surface area contributed by atoms with Crippen LogP contribution in [0.5, 0.6) is 0 Å². The van der Waals surface area contributed by atoms with Crippen molar-refractivity contribution in [1.82, 2.24) is 10.3 Å². The van der Waals surface area contributed by atoms with Crippen LogP contribution in [0.3, 0.4) is 0 Å². The third kappa shape index (κ3) is 3.79. The van der Waals surface area contributed by atoms with Crippen LogP contribution in [0.15, 0.2) is 23.6 Å². The minimum atomic E-state index is -0.253. The molecule has 5 nitrogen and oxygen atoms in total. The fourth-order valence-corrected chi connectivity index (χ4v) is 3.46. The van der Waals surface area contributed by atoms with Crippen LogP contribution >= 0.6 is 11.3 Å². The Kier molecular flexibility index (Phi) is 4.89. The van der Waals surface area contributed by atoms with Crippen molar-refractivity contribution in [2.45, 2.75) is 32.7 Å². The molecular weight excluding hydrogens is 329 g/mol. The molecule has 0 aliphatic carbocycles. The van der Waals surface area contributed by atoms with Gasteiger partial charge in [-0.15, -0.1) is 11.3 Å². The maximum atomic E-state index is 13.2. The third-order valence-electron chi connectivity index (χ3n) is 3.90. The van der Waals surface area contributed by atoms with Gasteiger partial charge in [0.05, 0.1) is 12.1 Å². The van der Waals surface area contributed by atoms with Crippen molar-refractivity contribution in [3.8, 4) is 0 Å². The van der Waals surface area contributed by atoms with E-state index in [2.05, 4.69) is 10.3 Å². The minimum Gasteiger partial charge on any atom is -0.352 e. The Morgan fingerprint density at radius 2 is 2.29 bits per heavy atom. The van der Waals surface area contributed by atoms with Crippen LogP contribution in [0.2, 0.25) is 0 Å². The van der Waals surface area contributed by atoms with Gasteiger partial charge in [0.2, 0.25) is 11.8 Å². The summed E-state index contributed by atoms with van der Waals surface area (Å²) < 4.78 is 13.2. The Morgan fingerprint density at radius 1 is 1.46 bits per heavy atom. The van der Waals surface area contributed by atoms with Crippen molar-refractivity contribution in [1.29, 1.82) is 0 Å². The van der Waals surface area contributed by atoms with E-state index >= 15 is 0 Å². The molecule has 2 aromatic rings. The molecule has 1 aliphatic rings. The minimum absolute atomic E-state index is 0.0898. The number of thiazole rings is 1. The quantitative estimate of drug-likeness (QED) is 0.904. The van der Waals surface area contributed by atoms with Crippen LogP contribution in [-0.4, -0.2) is 23.3 Å². The summed E-state index contributed by atoms with van der Waals surface area (Å²) in [5.74, 6) is -0.315. The number of halogens is 1. The predicted molar refractivity (Wildman–Crippen MR) is 90.4 cm³/mol. The Balaban J connectivity index is 1.54. The monoisotopic (exact) mass is 347 g/mol. The molecule has 2 amide bonds. The fourth-order valence-electron chi connectivity index (χ4n) is 2.60. The first-order valence-corrected chi connectivity index (χ1v) is 8.67. The smallest absolute Gasteiger partial charge is 0.228 e. The van der Waals surface area contributed by atoms with Gasteiger partial charge < -0.3 is 5.32 Å². The van der Waals surface area contributed by atoms with E-state index in [9.17, 15) is 14.0 Å². The molecule has 3 rings (SSSR count). The van der Waals surface area contributed by atoms with E-state index in [0.29, 0.717) is 35.9 Å². The lowest BCUT2D eigenvalue weighted by Crippen LogP contribution is -2.25. The van der Waals surface area contributed by atoms with Crippen LogP contribution in [-0.2, 0) is 22.6 Å². The molecule has 0 radical (unpaired) electrons. The maximum Gasteiger partial charge on any atom is 0.228 e. The summed E-state index contributed by atoms with van der Waals surface area (Å²) in [6, 6.07) is 4.77. The normalized spacial score (nSPS) is 14.2. The molecule has 2 heterocycles. The van der Waals surface area contributed by atoms with Crippen LogP contribution < -0.4 is 10.2 Å². The van der Waals surface area contributed by atoms with Gasteiger partial charge >= 0.3 is 0 Å². The Bertz CT molecular complexity index is 775. The second kappa shape index (κ2) is 7.09. The van der Waals surface area contributed by atoms with Gasteiger partial charge in [-0.2, -0.15) is 0 Å². The van der Waals surface area contributed by atoms with Gasteiger partial charge in [-0.3, -0.25) is 14.5 Å². The average molecular weight is 347 g/mol. The van der Waals surface area contributed by atoms with Crippen molar-refractivity contribution in [2.75, 3.05) is 11.4 Å². The zero-order valence-electron chi connectivity index (χ0n) is 13.3. The lowest BCUT2D eigenvalue weighted by atomic mass is 10.1. The SMILES string of the molecule is Cc1cc(CNC(=O)Cc2csc(N3CCCC3=O)n2)ccc1F. The number of anilines is 1. The summed E-state index contributed by atoms with van der Waals surface area (Å²) in [4.78, 5) is 29.8. The first kappa shape index (κ1) is 16.6. The lowest BCUT2D eigenvalue weighted by Gasteiger charge is -2.10. The summed E-state index contributed by atoms with van der Waals surface area (Å²) in [6.45, 7) is 2.74. The number of hydrogen-bond donors (Lipinski definition) is 1. The van der Waals surface area contributed by atoms with Gasteiger partial charge in [0.15, 0.2) is 5.13 Å². The summed E-state index contributed by atoms with van der Waals surface area (Å²) in [6.07, 6.45) is 1.58. The van der Waals surface area contributed by atoms with Crippen LogP contribution in [0, 0.1) is 12.7 Å². The molecule has 7 heteroatoms. The van der Waals surface area contributed by atoms with E-state index in [4.69, 9.17) is 0 Å². The van der Waals surface area contributed by atoms with Gasteiger partial charge in [-0.05, 0) is 30.5 Å². The summed E-state index contributed by atoms with van der Waals surface area (Å²) in [7, 11) is 0. The van der Waals surface area contributed by atoms with E-state index in [1.807, 2.05) is 5.38 Å². The third-order valence-corrected chi connectivity index (χ3v) is 4.81. The van der Waals surface area contributed by atoms with Crippen molar-refractivity contribution >= 4 is 28.3 Å². The van der Waals surface area contributed by atoms with Crippen molar-refractivity contribution < 1.29 is 14.0 Å².